The number of carbonyl (C=O) groups is 1. The number of β-lactam (4-membered cyclic amide) rings is 1. The molecule has 0 bridgehead atoms. The predicted molar refractivity (Wildman–Crippen MR) is 46.6 cm³/mol. The van der Waals surface area contributed by atoms with Gasteiger partial charge in [-0.2, -0.15) is 0 Å². The molecule has 2 N–H and O–H groups in total. The summed E-state index contributed by atoms with van der Waals surface area (Å²) in [4.78, 5) is 17.0. The SMILES string of the molecule is Cn1ccnc1CN1CC(N)C1=O. The lowest BCUT2D eigenvalue weighted by Gasteiger charge is -2.35. The molecule has 1 saturated heterocycles. The Morgan fingerprint density at radius 1 is 1.77 bits per heavy atom. The summed E-state index contributed by atoms with van der Waals surface area (Å²) in [6, 6.07) is -0.291. The number of hydrogen-bond donors (Lipinski definition) is 1. The number of amides is 1. The van der Waals surface area contributed by atoms with E-state index < -0.39 is 0 Å². The minimum Gasteiger partial charge on any atom is -0.337 e. The Labute approximate surface area is 76.2 Å². The fraction of sp³-hybridized carbons (Fsp3) is 0.500. The van der Waals surface area contributed by atoms with Gasteiger partial charge in [-0.1, -0.05) is 0 Å². The van der Waals surface area contributed by atoms with Crippen molar-refractivity contribution in [3.8, 4) is 0 Å². The van der Waals surface area contributed by atoms with E-state index in [1.165, 1.54) is 0 Å². The molecule has 70 valence electrons. The van der Waals surface area contributed by atoms with Gasteiger partial charge in [-0.05, 0) is 0 Å². The van der Waals surface area contributed by atoms with Crippen LogP contribution in [0.3, 0.4) is 0 Å². The van der Waals surface area contributed by atoms with Gasteiger partial charge >= 0.3 is 0 Å². The average molecular weight is 180 g/mol. The van der Waals surface area contributed by atoms with Crippen LogP contribution in [0.15, 0.2) is 12.4 Å². The maximum atomic E-state index is 11.2. The number of aryl methyl sites for hydroxylation is 1. The first kappa shape index (κ1) is 8.25. The maximum Gasteiger partial charge on any atom is 0.241 e. The van der Waals surface area contributed by atoms with Gasteiger partial charge in [0.15, 0.2) is 0 Å². The Kier molecular flexibility index (Phi) is 1.81. The first-order valence-corrected chi connectivity index (χ1v) is 4.19. The standard InChI is InChI=1S/C8H12N4O/c1-11-3-2-10-7(11)5-12-4-6(9)8(12)13/h2-3,6H,4-5,9H2,1H3. The first-order chi connectivity index (χ1) is 6.18. The lowest BCUT2D eigenvalue weighted by molar-refractivity contribution is -0.143. The molecule has 2 rings (SSSR count). The number of likely N-dealkylation sites (tertiary alicyclic amines) is 1. The highest BCUT2D eigenvalue weighted by molar-refractivity contribution is 5.87. The third-order valence-electron chi connectivity index (χ3n) is 2.30. The summed E-state index contributed by atoms with van der Waals surface area (Å²) >= 11 is 0. The fourth-order valence-corrected chi connectivity index (χ4v) is 1.39. The van der Waals surface area contributed by atoms with E-state index in [-0.39, 0.29) is 11.9 Å². The van der Waals surface area contributed by atoms with Crippen molar-refractivity contribution in [3.05, 3.63) is 18.2 Å². The van der Waals surface area contributed by atoms with Crippen molar-refractivity contribution < 1.29 is 4.79 Å². The third kappa shape index (κ3) is 1.31. The van der Waals surface area contributed by atoms with E-state index in [0.29, 0.717) is 13.1 Å². The predicted octanol–water partition coefficient (Wildman–Crippen LogP) is -0.910. The molecule has 0 saturated carbocycles. The molecular formula is C8H12N4O. The molecule has 0 aromatic carbocycles. The van der Waals surface area contributed by atoms with Crippen LogP contribution >= 0.6 is 0 Å². The van der Waals surface area contributed by atoms with Crippen molar-refractivity contribution in [1.82, 2.24) is 14.5 Å². The van der Waals surface area contributed by atoms with E-state index in [0.717, 1.165) is 5.82 Å². The molecule has 1 atom stereocenters. The Bertz CT molecular complexity index is 333. The monoisotopic (exact) mass is 180 g/mol. The van der Waals surface area contributed by atoms with E-state index in [4.69, 9.17) is 5.73 Å². The highest BCUT2D eigenvalue weighted by Crippen LogP contribution is 2.11. The molecule has 5 heteroatoms. The van der Waals surface area contributed by atoms with Crippen LogP contribution in [0, 0.1) is 0 Å². The summed E-state index contributed by atoms with van der Waals surface area (Å²) in [7, 11) is 1.91. The molecular weight excluding hydrogens is 168 g/mol. The van der Waals surface area contributed by atoms with Gasteiger partial charge in [-0.25, -0.2) is 4.98 Å². The second-order valence-electron chi connectivity index (χ2n) is 3.28. The van der Waals surface area contributed by atoms with Crippen LogP contribution in [0.2, 0.25) is 0 Å². The molecule has 0 aliphatic carbocycles. The minimum atomic E-state index is -0.291. The number of imidazole rings is 1. The zero-order valence-electron chi connectivity index (χ0n) is 7.47. The first-order valence-electron chi connectivity index (χ1n) is 4.19. The lowest BCUT2D eigenvalue weighted by Crippen LogP contribution is -2.60. The summed E-state index contributed by atoms with van der Waals surface area (Å²) in [5.41, 5.74) is 5.46. The minimum absolute atomic E-state index is 0.0167. The summed E-state index contributed by atoms with van der Waals surface area (Å²) in [6.07, 6.45) is 3.58. The number of nitrogens with zero attached hydrogens (tertiary/aromatic N) is 3. The number of hydrogen-bond acceptors (Lipinski definition) is 3. The topological polar surface area (TPSA) is 64.2 Å². The summed E-state index contributed by atoms with van der Waals surface area (Å²) in [6.45, 7) is 1.21. The molecule has 1 aromatic rings. The Morgan fingerprint density at radius 2 is 2.54 bits per heavy atom. The van der Waals surface area contributed by atoms with Crippen LogP contribution in [0.1, 0.15) is 5.82 Å². The molecule has 5 nitrogen and oxygen atoms in total. The molecule has 1 aliphatic rings. The maximum absolute atomic E-state index is 11.2. The molecule has 1 unspecified atom stereocenters. The van der Waals surface area contributed by atoms with E-state index >= 15 is 0 Å². The number of nitrogens with two attached hydrogens (primary N) is 1. The van der Waals surface area contributed by atoms with E-state index in [9.17, 15) is 4.79 Å². The second kappa shape index (κ2) is 2.85. The van der Waals surface area contributed by atoms with Gasteiger partial charge < -0.3 is 15.2 Å². The van der Waals surface area contributed by atoms with Gasteiger partial charge in [0, 0.05) is 26.0 Å². The molecule has 1 aromatic heterocycles. The van der Waals surface area contributed by atoms with E-state index in [1.807, 2.05) is 17.8 Å². The summed E-state index contributed by atoms with van der Waals surface area (Å²) in [5, 5.41) is 0. The fourth-order valence-electron chi connectivity index (χ4n) is 1.39. The van der Waals surface area contributed by atoms with Gasteiger partial charge in [-0.3, -0.25) is 4.79 Å². The Hall–Kier alpha value is -1.36. The molecule has 1 fully saturated rings. The van der Waals surface area contributed by atoms with E-state index in [2.05, 4.69) is 4.98 Å². The van der Waals surface area contributed by atoms with E-state index in [1.54, 1.807) is 11.1 Å². The summed E-state index contributed by atoms with van der Waals surface area (Å²) in [5.74, 6) is 0.906. The Balaban J connectivity index is 2.00. The quantitative estimate of drug-likeness (QED) is 0.599. The van der Waals surface area contributed by atoms with Crippen LogP contribution in [0.5, 0.6) is 0 Å². The average Bonchev–Trinajstić information content (AvgIpc) is 2.51. The van der Waals surface area contributed by atoms with Gasteiger partial charge in [-0.15, -0.1) is 0 Å². The number of aromatic nitrogens is 2. The Morgan fingerprint density at radius 3 is 3.00 bits per heavy atom. The highest BCUT2D eigenvalue weighted by Gasteiger charge is 2.33. The van der Waals surface area contributed by atoms with Crippen LogP contribution in [0.25, 0.3) is 0 Å². The molecule has 2 heterocycles. The van der Waals surface area contributed by atoms with Crippen LogP contribution in [0.4, 0.5) is 0 Å². The zero-order chi connectivity index (χ0) is 9.42. The molecule has 0 radical (unpaired) electrons. The van der Waals surface area contributed by atoms with Crippen molar-refractivity contribution in [2.24, 2.45) is 12.8 Å². The normalized spacial score (nSPS) is 21.8. The van der Waals surface area contributed by atoms with Crippen molar-refractivity contribution >= 4 is 5.91 Å². The summed E-state index contributed by atoms with van der Waals surface area (Å²) < 4.78 is 1.90. The molecule has 13 heavy (non-hydrogen) atoms. The number of carbonyl (C=O) groups excluding carboxylic acids is 1. The van der Waals surface area contributed by atoms with Crippen LogP contribution in [-0.4, -0.2) is 32.9 Å². The second-order valence-corrected chi connectivity index (χ2v) is 3.28. The lowest BCUT2D eigenvalue weighted by atomic mass is 10.1. The molecule has 0 spiro atoms. The highest BCUT2D eigenvalue weighted by atomic mass is 16.2. The van der Waals surface area contributed by atoms with Crippen molar-refractivity contribution in [1.29, 1.82) is 0 Å². The zero-order valence-corrected chi connectivity index (χ0v) is 7.47. The molecule has 1 aliphatic heterocycles. The van der Waals surface area contributed by atoms with Crippen molar-refractivity contribution in [2.45, 2.75) is 12.6 Å². The number of rotatable bonds is 2. The van der Waals surface area contributed by atoms with Crippen molar-refractivity contribution in [2.75, 3.05) is 6.54 Å². The van der Waals surface area contributed by atoms with Gasteiger partial charge in [0.1, 0.15) is 11.9 Å². The van der Waals surface area contributed by atoms with Gasteiger partial charge in [0.05, 0.1) is 6.54 Å². The van der Waals surface area contributed by atoms with Crippen LogP contribution < -0.4 is 5.73 Å². The largest absolute Gasteiger partial charge is 0.337 e. The van der Waals surface area contributed by atoms with Gasteiger partial charge in [0.2, 0.25) is 5.91 Å². The third-order valence-corrected chi connectivity index (χ3v) is 2.30. The van der Waals surface area contributed by atoms with Gasteiger partial charge in [0.25, 0.3) is 0 Å². The molecule has 1 amide bonds. The van der Waals surface area contributed by atoms with Crippen molar-refractivity contribution in [3.63, 3.8) is 0 Å². The van der Waals surface area contributed by atoms with Crippen LogP contribution in [-0.2, 0) is 18.4 Å². The smallest absolute Gasteiger partial charge is 0.241 e.